The second kappa shape index (κ2) is 10.3. The molecule has 0 saturated carbocycles. The molecule has 8 heteroatoms. The lowest BCUT2D eigenvalue weighted by atomic mass is 9.99. The smallest absolute Gasteiger partial charge is 0.193 e. The number of nitrogens with zero attached hydrogens (tertiary/aromatic N) is 4. The van der Waals surface area contributed by atoms with Gasteiger partial charge in [-0.25, -0.2) is 4.98 Å². The van der Waals surface area contributed by atoms with Crippen molar-refractivity contribution in [3.63, 3.8) is 0 Å². The lowest BCUT2D eigenvalue weighted by Crippen LogP contribution is -2.39. The van der Waals surface area contributed by atoms with Crippen LogP contribution in [0.15, 0.2) is 22.8 Å². The first-order chi connectivity index (χ1) is 11.7. The number of aliphatic imine (C=N–C) groups is 1. The maximum atomic E-state index is 4.57. The summed E-state index contributed by atoms with van der Waals surface area (Å²) in [5, 5.41) is 8.78. The largest absolute Gasteiger partial charge is 0.356 e. The average Bonchev–Trinajstić information content (AvgIpc) is 3.17. The molecule has 140 valence electrons. The molecule has 0 unspecified atom stereocenters. The Hall–Kier alpha value is -0.870. The van der Waals surface area contributed by atoms with Crippen LogP contribution in [0.1, 0.15) is 31.9 Å². The SMILES string of the molecule is CN=C(NCCCN1CCC(C)CC1)NCc1cn2ccsc2n1.I. The van der Waals surface area contributed by atoms with E-state index in [1.165, 1.54) is 32.5 Å². The van der Waals surface area contributed by atoms with Crippen LogP contribution in [0.25, 0.3) is 4.96 Å². The number of hydrogen-bond acceptors (Lipinski definition) is 4. The number of piperidine rings is 1. The van der Waals surface area contributed by atoms with Crippen molar-refractivity contribution in [1.82, 2.24) is 24.9 Å². The molecule has 2 aromatic heterocycles. The number of nitrogens with one attached hydrogen (secondary N) is 2. The van der Waals surface area contributed by atoms with Gasteiger partial charge in [-0.2, -0.15) is 0 Å². The zero-order valence-electron chi connectivity index (χ0n) is 15.1. The first-order valence-corrected chi connectivity index (χ1v) is 9.70. The van der Waals surface area contributed by atoms with Crippen LogP contribution in [-0.2, 0) is 6.54 Å². The Morgan fingerprint density at radius 2 is 2.16 bits per heavy atom. The Morgan fingerprint density at radius 3 is 2.88 bits per heavy atom. The third kappa shape index (κ3) is 6.10. The van der Waals surface area contributed by atoms with Gasteiger partial charge in [0.05, 0.1) is 12.2 Å². The van der Waals surface area contributed by atoms with Gasteiger partial charge in [0.2, 0.25) is 0 Å². The van der Waals surface area contributed by atoms with E-state index in [4.69, 9.17) is 0 Å². The predicted octanol–water partition coefficient (Wildman–Crippen LogP) is 2.80. The van der Waals surface area contributed by atoms with Gasteiger partial charge in [-0.05, 0) is 44.8 Å². The summed E-state index contributed by atoms with van der Waals surface area (Å²) in [6.45, 7) is 7.69. The van der Waals surface area contributed by atoms with Crippen molar-refractivity contribution >= 4 is 46.2 Å². The number of guanidine groups is 1. The molecule has 2 aromatic rings. The third-order valence-electron chi connectivity index (χ3n) is 4.62. The second-order valence-corrected chi connectivity index (χ2v) is 7.43. The van der Waals surface area contributed by atoms with Gasteiger partial charge in [-0.1, -0.05) is 6.92 Å². The number of aromatic nitrogens is 2. The van der Waals surface area contributed by atoms with Crippen LogP contribution in [-0.4, -0.2) is 53.5 Å². The van der Waals surface area contributed by atoms with Gasteiger partial charge < -0.3 is 15.5 Å². The van der Waals surface area contributed by atoms with Crippen LogP contribution in [0.2, 0.25) is 0 Å². The van der Waals surface area contributed by atoms with E-state index in [1.807, 2.05) is 18.6 Å². The molecule has 3 heterocycles. The van der Waals surface area contributed by atoms with Gasteiger partial charge in [0, 0.05) is 31.4 Å². The molecule has 0 radical (unpaired) electrons. The quantitative estimate of drug-likeness (QED) is 0.292. The normalized spacial score (nSPS) is 16.8. The van der Waals surface area contributed by atoms with E-state index in [0.29, 0.717) is 6.54 Å². The fourth-order valence-corrected chi connectivity index (χ4v) is 3.77. The Morgan fingerprint density at radius 1 is 1.36 bits per heavy atom. The molecule has 2 N–H and O–H groups in total. The molecule has 0 spiro atoms. The summed E-state index contributed by atoms with van der Waals surface area (Å²) in [5.41, 5.74) is 1.03. The third-order valence-corrected chi connectivity index (χ3v) is 5.39. The van der Waals surface area contributed by atoms with E-state index in [0.717, 1.165) is 35.5 Å². The van der Waals surface area contributed by atoms with Crippen LogP contribution in [0, 0.1) is 5.92 Å². The molecule has 1 aliphatic heterocycles. The highest BCUT2D eigenvalue weighted by Crippen LogP contribution is 2.15. The van der Waals surface area contributed by atoms with Crippen LogP contribution in [0.3, 0.4) is 0 Å². The van der Waals surface area contributed by atoms with E-state index >= 15 is 0 Å². The Labute approximate surface area is 171 Å². The summed E-state index contributed by atoms with van der Waals surface area (Å²) in [5.74, 6) is 1.75. The molecular weight excluding hydrogens is 447 g/mol. The minimum atomic E-state index is 0. The zero-order valence-corrected chi connectivity index (χ0v) is 18.2. The van der Waals surface area contributed by atoms with Crippen molar-refractivity contribution in [2.45, 2.75) is 32.7 Å². The predicted molar refractivity (Wildman–Crippen MR) is 116 cm³/mol. The number of halogens is 1. The Bertz CT molecular complexity index is 630. The molecule has 1 aliphatic rings. The Kier molecular flexibility index (Phi) is 8.44. The van der Waals surface area contributed by atoms with Crippen molar-refractivity contribution in [2.24, 2.45) is 10.9 Å². The summed E-state index contributed by atoms with van der Waals surface area (Å²) in [4.78, 5) is 12.5. The summed E-state index contributed by atoms with van der Waals surface area (Å²) in [6, 6.07) is 0. The molecule has 3 rings (SSSR count). The monoisotopic (exact) mass is 476 g/mol. The van der Waals surface area contributed by atoms with Gasteiger partial charge in [0.25, 0.3) is 0 Å². The number of fused-ring (bicyclic) bond motifs is 1. The number of rotatable bonds is 6. The van der Waals surface area contributed by atoms with Crippen molar-refractivity contribution in [1.29, 1.82) is 0 Å². The fourth-order valence-electron chi connectivity index (χ4n) is 3.05. The molecule has 6 nitrogen and oxygen atoms in total. The van der Waals surface area contributed by atoms with Gasteiger partial charge in [-0.3, -0.25) is 9.39 Å². The highest BCUT2D eigenvalue weighted by atomic mass is 127. The van der Waals surface area contributed by atoms with E-state index in [9.17, 15) is 0 Å². The van der Waals surface area contributed by atoms with Gasteiger partial charge >= 0.3 is 0 Å². The first-order valence-electron chi connectivity index (χ1n) is 8.82. The minimum absolute atomic E-state index is 0. The number of hydrogen-bond donors (Lipinski definition) is 2. The maximum absolute atomic E-state index is 4.57. The minimum Gasteiger partial charge on any atom is -0.356 e. The van der Waals surface area contributed by atoms with E-state index in [2.05, 4.69) is 43.0 Å². The summed E-state index contributed by atoms with van der Waals surface area (Å²) in [6.07, 6.45) is 7.93. The van der Waals surface area contributed by atoms with Gasteiger partial charge in [0.15, 0.2) is 10.9 Å². The van der Waals surface area contributed by atoms with Crippen LogP contribution in [0.5, 0.6) is 0 Å². The molecule has 1 fully saturated rings. The van der Waals surface area contributed by atoms with Crippen molar-refractivity contribution in [2.75, 3.05) is 33.2 Å². The molecule has 25 heavy (non-hydrogen) atoms. The number of imidazole rings is 1. The fraction of sp³-hybridized carbons (Fsp3) is 0.647. The highest BCUT2D eigenvalue weighted by Gasteiger charge is 2.14. The first kappa shape index (κ1) is 20.4. The highest BCUT2D eigenvalue weighted by molar-refractivity contribution is 14.0. The topological polar surface area (TPSA) is 57.0 Å². The van der Waals surface area contributed by atoms with Gasteiger partial charge in [0.1, 0.15) is 0 Å². The van der Waals surface area contributed by atoms with E-state index in [-0.39, 0.29) is 24.0 Å². The number of thiazole rings is 1. The molecule has 0 aromatic carbocycles. The molecule has 0 aliphatic carbocycles. The second-order valence-electron chi connectivity index (χ2n) is 6.56. The van der Waals surface area contributed by atoms with Crippen molar-refractivity contribution in [3.05, 3.63) is 23.5 Å². The summed E-state index contributed by atoms with van der Waals surface area (Å²) >= 11 is 1.65. The van der Waals surface area contributed by atoms with Crippen LogP contribution >= 0.6 is 35.3 Å². The van der Waals surface area contributed by atoms with E-state index in [1.54, 1.807) is 11.3 Å². The summed E-state index contributed by atoms with van der Waals surface area (Å²) < 4.78 is 2.05. The lowest BCUT2D eigenvalue weighted by Gasteiger charge is -2.30. The Balaban J connectivity index is 0.00000225. The molecule has 0 bridgehead atoms. The van der Waals surface area contributed by atoms with Crippen LogP contribution < -0.4 is 10.6 Å². The number of likely N-dealkylation sites (tertiary alicyclic amines) is 1. The zero-order chi connectivity index (χ0) is 16.8. The maximum Gasteiger partial charge on any atom is 0.193 e. The average molecular weight is 476 g/mol. The van der Waals surface area contributed by atoms with Crippen molar-refractivity contribution < 1.29 is 0 Å². The van der Waals surface area contributed by atoms with Crippen LogP contribution in [0.4, 0.5) is 0 Å². The van der Waals surface area contributed by atoms with Crippen molar-refractivity contribution in [3.8, 4) is 0 Å². The van der Waals surface area contributed by atoms with E-state index < -0.39 is 0 Å². The van der Waals surface area contributed by atoms with Gasteiger partial charge in [-0.15, -0.1) is 35.3 Å². The standard InChI is InChI=1S/C17H28N6S.HI/c1-14-4-8-22(9-5-14)7-3-6-19-16(18-2)20-12-15-13-23-10-11-24-17(23)21-15;/h10-11,13-14H,3-9,12H2,1-2H3,(H2,18,19,20);1H. The molecule has 0 atom stereocenters. The molecule has 1 saturated heterocycles. The molecular formula is C17H29IN6S. The lowest BCUT2D eigenvalue weighted by molar-refractivity contribution is 0.191. The molecule has 0 amide bonds. The summed E-state index contributed by atoms with van der Waals surface area (Å²) in [7, 11) is 1.81.